The molecule has 19 heteroatoms. The monoisotopic (exact) mass is 1260 g/mol. The second-order valence-corrected chi connectivity index (χ2v) is 28.0. The summed E-state index contributed by atoms with van der Waals surface area (Å²) in [6.45, 7) is 24.4. The van der Waals surface area contributed by atoms with E-state index in [1.54, 1.807) is 37.3 Å². The Morgan fingerprint density at radius 1 is 0.598 bits per heavy atom. The van der Waals surface area contributed by atoms with Gasteiger partial charge in [-0.3, -0.25) is 19.2 Å². The van der Waals surface area contributed by atoms with E-state index >= 15 is 0 Å². The number of carbonyl (C=O) groups excluding carboxylic acids is 4. The summed E-state index contributed by atoms with van der Waals surface area (Å²) in [6.07, 6.45) is 1.89. The van der Waals surface area contributed by atoms with Crippen molar-refractivity contribution in [3.63, 3.8) is 0 Å². The lowest BCUT2D eigenvalue weighted by Crippen LogP contribution is -2.44. The van der Waals surface area contributed by atoms with Gasteiger partial charge in [-0.25, -0.2) is 13.2 Å². The van der Waals surface area contributed by atoms with Crippen LogP contribution >= 0.6 is 11.3 Å². The number of halogens is 2. The number of carbonyl (C=O) groups is 4. The van der Waals surface area contributed by atoms with Crippen molar-refractivity contribution in [1.29, 1.82) is 0 Å². The van der Waals surface area contributed by atoms with E-state index in [0.29, 0.717) is 36.8 Å². The molecule has 0 saturated heterocycles. The topological polar surface area (TPSA) is 213 Å². The number of hydrogen-bond donors (Lipinski definition) is 1. The Labute approximate surface area is 517 Å². The van der Waals surface area contributed by atoms with Gasteiger partial charge in [0.15, 0.2) is 36.5 Å². The summed E-state index contributed by atoms with van der Waals surface area (Å²) in [4.78, 5) is 62.0. The van der Waals surface area contributed by atoms with Crippen molar-refractivity contribution in [2.45, 2.75) is 167 Å². The summed E-state index contributed by atoms with van der Waals surface area (Å²) in [6, 6.07) is 51.5. The first-order valence-corrected chi connectivity index (χ1v) is 32.0. The molecule has 8 rings (SSSR count). The van der Waals surface area contributed by atoms with Crippen LogP contribution in [0.2, 0.25) is 0 Å². The highest BCUT2D eigenvalue weighted by Gasteiger charge is 2.48. The van der Waals surface area contributed by atoms with Gasteiger partial charge < -0.3 is 33.0 Å². The molecule has 1 heterocycles. The molecule has 6 aromatic carbocycles. The van der Waals surface area contributed by atoms with Gasteiger partial charge >= 0.3 is 34.1 Å². The molecule has 1 atom stereocenters. The zero-order valence-corrected chi connectivity index (χ0v) is 54.5. The van der Waals surface area contributed by atoms with E-state index in [1.807, 2.05) is 81.4 Å². The number of alkyl halides is 2. The second-order valence-electron chi connectivity index (χ2n) is 23.6. The van der Waals surface area contributed by atoms with E-state index in [0.717, 1.165) is 41.7 Å². The Morgan fingerprint density at radius 2 is 0.966 bits per heavy atom. The van der Waals surface area contributed by atoms with Crippen molar-refractivity contribution in [1.82, 2.24) is 0 Å². The minimum Gasteiger partial charge on any atom is -0.743 e. The second kappa shape index (κ2) is 31.1. The summed E-state index contributed by atoms with van der Waals surface area (Å²) in [5, 5.41) is 4.42. The van der Waals surface area contributed by atoms with Crippen molar-refractivity contribution in [2.24, 2.45) is 21.7 Å². The Morgan fingerprint density at radius 3 is 1.37 bits per heavy atom. The largest absolute Gasteiger partial charge is 0.743 e. The molecule has 0 spiro atoms. The molecule has 7 aromatic rings. The third-order valence-corrected chi connectivity index (χ3v) is 19.0. The van der Waals surface area contributed by atoms with Gasteiger partial charge in [0.2, 0.25) is 0 Å². The first-order chi connectivity index (χ1) is 40.5. The molecule has 1 unspecified atom stereocenters. The average molecular weight is 1260 g/mol. The van der Waals surface area contributed by atoms with Crippen molar-refractivity contribution >= 4 is 66.5 Å². The maximum Gasteiger partial charge on any atom is 0.396 e. The molecule has 0 amide bonds. The molecule has 14 nitrogen and oxygen atoms in total. The molecule has 0 saturated carbocycles. The molecule has 87 heavy (non-hydrogen) atoms. The van der Waals surface area contributed by atoms with Crippen LogP contribution in [0.3, 0.4) is 0 Å². The molecule has 1 aliphatic rings. The number of aromatic hydroxyl groups is 1. The predicted molar refractivity (Wildman–Crippen MR) is 336 cm³/mol. The summed E-state index contributed by atoms with van der Waals surface area (Å²) >= 11 is 1.03. The van der Waals surface area contributed by atoms with Crippen LogP contribution in [-0.4, -0.2) is 58.9 Å². The van der Waals surface area contributed by atoms with Gasteiger partial charge in [-0.15, -0.1) is 0 Å². The Kier molecular flexibility index (Phi) is 25.9. The van der Waals surface area contributed by atoms with Gasteiger partial charge in [0.1, 0.15) is 22.8 Å². The molecule has 1 aromatic heterocycles. The first kappa shape index (κ1) is 72.3. The normalized spacial score (nSPS) is 13.3. The Balaban J connectivity index is 0.000000233. The average Bonchev–Trinajstić information content (AvgIpc) is 3.51. The predicted octanol–water partition coefficient (Wildman–Crippen LogP) is 15.7. The number of phenols is 1. The lowest BCUT2D eigenvalue weighted by atomic mass is 9.90. The minimum absolute atomic E-state index is 0.0146. The fourth-order valence-electron chi connectivity index (χ4n) is 7.37. The first-order valence-electron chi connectivity index (χ1n) is 28.6. The molecule has 1 aliphatic carbocycles. The molecular formula is C68H82F2O14S3. The standard InChI is InChI=1S/C18H15S.C16H22O2.C13H14O4S.C12H16O3.C9H16F2O5S/c1-4-10-16(11-5-1)19(17-12-6-2-7-13-17)18-14-8-3-9-15-18;1-5-15(2,3)14(17)18-16(4)10-12-8-6-7-9-13(12)11-16;1-4-13(2,3)11(14)16-8-5-6-10-9(7-8)17-12(15)18-10;1-4-12(2,3)11(14)15-10-7-5-9(13)6-8-10;1-5-8(3,4)7(12)16-6(2)9(10,11)17(13,14)15/h1-15H;6-9H,5,10-11H2,1-4H3;5-7H,4H2,1-3H3;5-8,13H,4H2,1-3H3;6H,5H2,1-4H3,(H,13,14,15)/q+1;;;;/p-1. The number of fused-ring (bicyclic) bond motifs is 2. The summed E-state index contributed by atoms with van der Waals surface area (Å²) in [7, 11) is -5.87. The highest BCUT2D eigenvalue weighted by molar-refractivity contribution is 7.97. The zero-order chi connectivity index (χ0) is 65.2. The van der Waals surface area contributed by atoms with E-state index < -0.39 is 49.1 Å². The van der Waals surface area contributed by atoms with Crippen LogP contribution in [0.4, 0.5) is 8.78 Å². The van der Waals surface area contributed by atoms with Gasteiger partial charge in [-0.1, -0.05) is 118 Å². The number of ether oxygens (including phenoxy) is 4. The molecule has 1 N–H and O–H groups in total. The van der Waals surface area contributed by atoms with Crippen LogP contribution in [0.1, 0.15) is 134 Å². The number of esters is 4. The van der Waals surface area contributed by atoms with Crippen molar-refractivity contribution in [3.05, 3.63) is 179 Å². The van der Waals surface area contributed by atoms with E-state index in [2.05, 4.69) is 108 Å². The van der Waals surface area contributed by atoms with Gasteiger partial charge in [0.05, 0.1) is 37.3 Å². The van der Waals surface area contributed by atoms with Gasteiger partial charge in [-0.05, 0) is 179 Å². The van der Waals surface area contributed by atoms with Crippen LogP contribution in [-0.2, 0) is 62.5 Å². The summed E-state index contributed by atoms with van der Waals surface area (Å²) < 4.78 is 83.2. The van der Waals surface area contributed by atoms with Crippen LogP contribution < -0.4 is 14.4 Å². The Hall–Kier alpha value is -7.19. The maximum absolute atomic E-state index is 13.0. The zero-order valence-electron chi connectivity index (χ0n) is 52.1. The molecule has 0 bridgehead atoms. The van der Waals surface area contributed by atoms with Crippen LogP contribution in [0, 0.1) is 21.7 Å². The van der Waals surface area contributed by atoms with Crippen molar-refractivity contribution < 1.29 is 69.4 Å². The highest BCUT2D eigenvalue weighted by Crippen LogP contribution is 2.36. The summed E-state index contributed by atoms with van der Waals surface area (Å²) in [5.41, 5.74) is 0.290. The quantitative estimate of drug-likeness (QED) is 0.0389. The number of hydrogen-bond acceptors (Lipinski definition) is 15. The van der Waals surface area contributed by atoms with Crippen LogP contribution in [0.25, 0.3) is 10.3 Å². The lowest BCUT2D eigenvalue weighted by molar-refractivity contribution is -0.170. The highest BCUT2D eigenvalue weighted by atomic mass is 32.2. The maximum atomic E-state index is 13.0. The molecule has 0 aliphatic heterocycles. The molecule has 470 valence electrons. The smallest absolute Gasteiger partial charge is 0.396 e. The fraction of sp³-hybridized carbons (Fsp3) is 0.397. The molecular weight excluding hydrogens is 1170 g/mol. The van der Waals surface area contributed by atoms with Gasteiger partial charge in [0.25, 0.3) is 0 Å². The van der Waals surface area contributed by atoms with E-state index in [9.17, 15) is 45.7 Å². The third kappa shape index (κ3) is 21.0. The summed E-state index contributed by atoms with van der Waals surface area (Å²) in [5.74, 6) is -0.590. The molecule has 0 fully saturated rings. The lowest BCUT2D eigenvalue weighted by Gasteiger charge is -2.30. The Bertz CT molecular complexity index is 3410. The van der Waals surface area contributed by atoms with Crippen molar-refractivity contribution in [2.75, 3.05) is 0 Å². The van der Waals surface area contributed by atoms with Crippen LogP contribution in [0.5, 0.6) is 17.2 Å². The van der Waals surface area contributed by atoms with E-state index in [-0.39, 0.29) is 45.1 Å². The third-order valence-electron chi connectivity index (χ3n) is 14.9. The van der Waals surface area contributed by atoms with Crippen LogP contribution in [0.15, 0.2) is 182 Å². The van der Waals surface area contributed by atoms with Gasteiger partial charge in [0, 0.05) is 18.9 Å². The number of benzene rings is 6. The molecule has 0 radical (unpaired) electrons. The van der Waals surface area contributed by atoms with Crippen molar-refractivity contribution in [3.8, 4) is 17.2 Å². The fourth-order valence-corrected chi connectivity index (χ4v) is 10.6. The van der Waals surface area contributed by atoms with Gasteiger partial charge in [-0.2, -0.15) is 8.78 Å². The number of rotatable bonds is 17. The number of phenolic OH excluding ortho intramolecular Hbond substituents is 1. The minimum atomic E-state index is -5.86. The van der Waals surface area contributed by atoms with E-state index in [1.165, 1.54) is 51.8 Å². The van der Waals surface area contributed by atoms with E-state index in [4.69, 9.17) is 23.7 Å². The SMILES string of the molecule is CCC(C)(C)C(=O)OC(C)C(F)(F)S(=O)(=O)[O-].CCC(C)(C)C(=O)OC1(C)Cc2ccccc2C1.CCC(C)(C)C(=O)Oc1ccc(O)cc1.CCC(C)(C)C(=O)Oc1ccc2sc(=O)oc2c1.c1ccc([S+](c2ccccc2)c2ccccc2)cc1.